The van der Waals surface area contributed by atoms with Crippen LogP contribution in [-0.4, -0.2) is 131 Å². The number of hydrogen-bond donors (Lipinski definition) is 0. The molecular weight excluding hydrogens is 467 g/mol. The van der Waals surface area contributed by atoms with E-state index in [-0.39, 0.29) is 148 Å². The Morgan fingerprint density at radius 3 is 1.00 bits per heavy atom. The van der Waals surface area contributed by atoms with Gasteiger partial charge in [-0.05, 0) is 0 Å². The van der Waals surface area contributed by atoms with Crippen LogP contribution in [0.2, 0.25) is 0 Å². The number of hydrogen-bond acceptors (Lipinski definition) is 0. The van der Waals surface area contributed by atoms with Gasteiger partial charge in [0.25, 0.3) is 0 Å². The smallest absolute Gasteiger partial charge is 0 e. The van der Waals surface area contributed by atoms with Crippen molar-refractivity contribution >= 4 is 131 Å². The molecule has 0 aliphatic carbocycles. The molecule has 0 nitrogen and oxygen atoms in total. The number of rotatable bonds is 0. The van der Waals surface area contributed by atoms with Gasteiger partial charge in [0, 0.05) is 148 Å². The van der Waals surface area contributed by atoms with Crippen molar-refractivity contribution < 1.29 is 17.1 Å². The van der Waals surface area contributed by atoms with Crippen LogP contribution in [0.25, 0.3) is 0 Å². The summed E-state index contributed by atoms with van der Waals surface area (Å²) >= 11 is 0. The first-order valence-electron chi connectivity index (χ1n) is 0. The van der Waals surface area contributed by atoms with Gasteiger partial charge in [-0.3, -0.25) is 0 Å². The van der Waals surface area contributed by atoms with Crippen molar-refractivity contribution in [3.05, 3.63) is 0 Å². The van der Waals surface area contributed by atoms with Crippen molar-refractivity contribution in [2.75, 3.05) is 0 Å². The molecule has 0 aliphatic heterocycles. The average Bonchev–Trinajstić information content (AvgIpc) is 0. The molecule has 0 saturated carbocycles. The maximum Gasteiger partial charge on any atom is 0 e. The molecule has 0 aliphatic rings. The first kappa shape index (κ1) is 32.9. The Kier molecular flexibility index (Phi) is 153. The van der Waals surface area contributed by atoms with Crippen LogP contribution in [-0.2, 0) is 17.1 Å². The van der Waals surface area contributed by atoms with Crippen LogP contribution < -0.4 is 0 Å². The molecule has 5 heteroatoms. The molecular formula is AlBaCaFePb. The van der Waals surface area contributed by atoms with E-state index in [1.165, 1.54) is 0 Å². The summed E-state index contributed by atoms with van der Waals surface area (Å²) in [7, 11) is 0. The molecule has 19 valence electrons. The Bertz CT molecular complexity index is 11.6. The Morgan fingerprint density at radius 1 is 1.00 bits per heavy atom. The fourth-order valence-corrected chi connectivity index (χ4v) is 0. The predicted octanol–water partition coefficient (Wildman–Crippen LogP) is -1.53. The minimum absolute atomic E-state index is 0. The Hall–Kier alpha value is 4.81. The fraction of sp³-hybridized carbons (Fsp3) is 0. The molecule has 0 fully saturated rings. The second-order valence-electron chi connectivity index (χ2n) is 0. The van der Waals surface area contributed by atoms with Gasteiger partial charge >= 0.3 is 0 Å². The van der Waals surface area contributed by atoms with E-state index in [0.29, 0.717) is 0 Å². The third-order valence-corrected chi connectivity index (χ3v) is 0. The van der Waals surface area contributed by atoms with Crippen LogP contribution in [0.5, 0.6) is 0 Å². The predicted molar refractivity (Wildman–Crippen MR) is 23.0 cm³/mol. The van der Waals surface area contributed by atoms with Gasteiger partial charge in [-0.25, -0.2) is 0 Å². The molecule has 0 amide bonds. The first-order chi connectivity index (χ1) is 0. The van der Waals surface area contributed by atoms with Crippen LogP contribution in [0.4, 0.5) is 0 Å². The van der Waals surface area contributed by atoms with Gasteiger partial charge in [-0.15, -0.1) is 0 Å². The third-order valence-electron chi connectivity index (χ3n) is 0. The van der Waals surface area contributed by atoms with Gasteiger partial charge in [-0.2, -0.15) is 0 Å². The van der Waals surface area contributed by atoms with E-state index in [1.54, 1.807) is 0 Å². The van der Waals surface area contributed by atoms with E-state index in [9.17, 15) is 0 Å². The summed E-state index contributed by atoms with van der Waals surface area (Å²) in [6, 6.07) is 0. The van der Waals surface area contributed by atoms with E-state index in [2.05, 4.69) is 0 Å². The average molecular weight is 467 g/mol. The summed E-state index contributed by atoms with van der Waals surface area (Å²) < 4.78 is 0. The SMILES string of the molecule is [Al].[Ba].[Ca].[Fe].[Pb]. The van der Waals surface area contributed by atoms with Gasteiger partial charge in [0.2, 0.25) is 0 Å². The largest absolute Gasteiger partial charge is 0 e. The van der Waals surface area contributed by atoms with E-state index < -0.39 is 0 Å². The maximum absolute atomic E-state index is 0. The zero-order chi connectivity index (χ0) is 0. The summed E-state index contributed by atoms with van der Waals surface area (Å²) in [5.41, 5.74) is 0. The second-order valence-corrected chi connectivity index (χ2v) is 0. The van der Waals surface area contributed by atoms with Gasteiger partial charge in [0.05, 0.1) is 0 Å². The minimum atomic E-state index is 0. The molecule has 5 heavy (non-hydrogen) atoms. The summed E-state index contributed by atoms with van der Waals surface area (Å²) in [6.07, 6.45) is 0. The van der Waals surface area contributed by atoms with Crippen molar-refractivity contribution in [2.45, 2.75) is 0 Å². The fourth-order valence-electron chi connectivity index (χ4n) is 0. The summed E-state index contributed by atoms with van der Waals surface area (Å²) in [6.45, 7) is 0. The van der Waals surface area contributed by atoms with Gasteiger partial charge in [0.1, 0.15) is 0 Å². The summed E-state index contributed by atoms with van der Waals surface area (Å²) in [5, 5.41) is 0. The van der Waals surface area contributed by atoms with Crippen molar-refractivity contribution in [2.24, 2.45) is 0 Å². The Labute approximate surface area is 144 Å². The second kappa shape index (κ2) is 23.2. The first-order valence-corrected chi connectivity index (χ1v) is 0. The van der Waals surface area contributed by atoms with Gasteiger partial charge in [0.15, 0.2) is 0 Å². The van der Waals surface area contributed by atoms with Gasteiger partial charge < -0.3 is 0 Å². The summed E-state index contributed by atoms with van der Waals surface area (Å²) in [5.74, 6) is 0. The van der Waals surface area contributed by atoms with E-state index in [1.807, 2.05) is 0 Å². The molecule has 0 unspecified atom stereocenters. The van der Waals surface area contributed by atoms with Crippen molar-refractivity contribution in [3.63, 3.8) is 0 Å². The van der Waals surface area contributed by atoms with Gasteiger partial charge in [-0.1, -0.05) is 0 Å². The Morgan fingerprint density at radius 2 is 1.00 bits per heavy atom. The quantitative estimate of drug-likeness (QED) is 0.380. The monoisotopic (exact) mass is 469 g/mol. The van der Waals surface area contributed by atoms with Crippen LogP contribution in [0.15, 0.2) is 0 Å². The maximum atomic E-state index is 0. The molecule has 11 radical (unpaired) electrons. The molecule has 0 atom stereocenters. The molecule has 0 aromatic carbocycles. The standard InChI is InChI=1S/Al.Ba.Ca.Fe.Pb. The minimum Gasteiger partial charge on any atom is 0 e. The van der Waals surface area contributed by atoms with Crippen LogP contribution >= 0.6 is 0 Å². The topological polar surface area (TPSA) is 0 Å². The molecule has 0 aromatic heterocycles. The van der Waals surface area contributed by atoms with E-state index in [4.69, 9.17) is 0 Å². The van der Waals surface area contributed by atoms with Crippen LogP contribution in [0.1, 0.15) is 0 Å². The van der Waals surface area contributed by atoms with E-state index >= 15 is 0 Å². The zero-order valence-electron chi connectivity index (χ0n) is 2.85. The Balaban J connectivity index is 0. The van der Waals surface area contributed by atoms with E-state index in [0.717, 1.165) is 0 Å². The van der Waals surface area contributed by atoms with Crippen molar-refractivity contribution in [3.8, 4) is 0 Å². The van der Waals surface area contributed by atoms with Crippen molar-refractivity contribution in [1.82, 2.24) is 0 Å². The summed E-state index contributed by atoms with van der Waals surface area (Å²) in [4.78, 5) is 0. The molecule has 0 spiro atoms. The van der Waals surface area contributed by atoms with Crippen LogP contribution in [0.3, 0.4) is 0 Å². The third kappa shape index (κ3) is 17.7. The molecule has 0 aromatic rings. The normalized spacial score (nSPS) is 0. The zero-order valence-corrected chi connectivity index (χ0v) is 15.6. The molecule has 0 N–H and O–H groups in total. The molecule has 0 rings (SSSR count). The molecule has 0 heterocycles. The molecule has 0 bridgehead atoms. The molecule has 0 saturated heterocycles. The van der Waals surface area contributed by atoms with Crippen molar-refractivity contribution in [1.29, 1.82) is 0 Å². The van der Waals surface area contributed by atoms with Crippen LogP contribution in [0, 0.1) is 0 Å².